The summed E-state index contributed by atoms with van der Waals surface area (Å²) in [6, 6.07) is 11.3. The summed E-state index contributed by atoms with van der Waals surface area (Å²) in [6.45, 7) is 4.62. The van der Waals surface area contributed by atoms with Crippen LogP contribution in [-0.2, 0) is 31.5 Å². The van der Waals surface area contributed by atoms with Crippen LogP contribution in [0.2, 0.25) is 0 Å². The average Bonchev–Trinajstić information content (AvgIpc) is 3.71. The molecule has 3 fully saturated rings. The van der Waals surface area contributed by atoms with Gasteiger partial charge in [0, 0.05) is 61.7 Å². The summed E-state index contributed by atoms with van der Waals surface area (Å²) >= 11 is 0. The molecule has 11 nitrogen and oxygen atoms in total. The van der Waals surface area contributed by atoms with Crippen molar-refractivity contribution in [3.63, 3.8) is 0 Å². The van der Waals surface area contributed by atoms with E-state index in [9.17, 15) is 21.6 Å². The summed E-state index contributed by atoms with van der Waals surface area (Å²) < 4.78 is 72.1. The predicted molar refractivity (Wildman–Crippen MR) is 180 cm³/mol. The maximum atomic E-state index is 14.9. The van der Waals surface area contributed by atoms with E-state index in [2.05, 4.69) is 15.4 Å². The summed E-state index contributed by atoms with van der Waals surface area (Å²) in [5.74, 6) is -0.0245. The lowest BCUT2D eigenvalue weighted by molar-refractivity contribution is -0.0444. The molecule has 2 unspecified atom stereocenters. The molecule has 7 rings (SSSR count). The highest BCUT2D eigenvalue weighted by atomic mass is 32.2. The van der Waals surface area contributed by atoms with Crippen LogP contribution in [0.5, 0.6) is 5.75 Å². The smallest absolute Gasteiger partial charge is 0.303 e. The number of nitrogens with zero attached hydrogens (tertiary/aromatic N) is 3. The Hall–Kier alpha value is -2.97. The van der Waals surface area contributed by atoms with E-state index >= 15 is 0 Å². The van der Waals surface area contributed by atoms with Crippen molar-refractivity contribution in [3.8, 4) is 17.0 Å². The fraction of sp³-hybridized carbons (Fsp3) is 0.559. The second-order valence-corrected chi connectivity index (χ2v) is 18.2. The fourth-order valence-corrected chi connectivity index (χ4v) is 11.3. The van der Waals surface area contributed by atoms with E-state index in [-0.39, 0.29) is 36.2 Å². The van der Waals surface area contributed by atoms with E-state index in [1.165, 1.54) is 26.1 Å². The highest BCUT2D eigenvalue weighted by molar-refractivity contribution is 7.91. The summed E-state index contributed by atoms with van der Waals surface area (Å²) in [5.41, 5.74) is 5.07. The van der Waals surface area contributed by atoms with Crippen molar-refractivity contribution in [2.24, 2.45) is 0 Å². The summed E-state index contributed by atoms with van der Waals surface area (Å²) in [6.07, 6.45) is 5.49. The zero-order chi connectivity index (χ0) is 33.5. The first-order valence-corrected chi connectivity index (χ1v) is 19.4. The third kappa shape index (κ3) is 5.29. The fourth-order valence-electron chi connectivity index (χ4n) is 8.29. The normalized spacial score (nSPS) is 26.7. The Morgan fingerprint density at radius 3 is 2.36 bits per heavy atom. The van der Waals surface area contributed by atoms with Crippen LogP contribution in [-0.4, -0.2) is 87.2 Å². The first kappa shape index (κ1) is 32.6. The molecule has 2 aromatic carbocycles. The van der Waals surface area contributed by atoms with Gasteiger partial charge in [0.15, 0.2) is 0 Å². The predicted octanol–water partition coefficient (Wildman–Crippen LogP) is 4.58. The molecule has 1 saturated heterocycles. The first-order chi connectivity index (χ1) is 22.3. The minimum Gasteiger partial charge on any atom is -0.497 e. The third-order valence-electron chi connectivity index (χ3n) is 10.7. The molecule has 3 heterocycles. The molecule has 4 atom stereocenters. The quantitative estimate of drug-likeness (QED) is 0.386. The van der Waals surface area contributed by atoms with Crippen LogP contribution in [0.15, 0.2) is 36.4 Å². The van der Waals surface area contributed by atoms with Gasteiger partial charge in [-0.2, -0.15) is 17.0 Å². The summed E-state index contributed by atoms with van der Waals surface area (Å²) in [4.78, 5) is 13.3. The van der Waals surface area contributed by atoms with E-state index in [1.54, 1.807) is 23.5 Å². The molecule has 254 valence electrons. The molecule has 4 aliphatic rings. The Kier molecular flexibility index (Phi) is 8.02. The van der Waals surface area contributed by atoms with Crippen molar-refractivity contribution in [1.82, 2.24) is 17.9 Å². The molecule has 1 aromatic heterocycles. The molecule has 2 saturated carbocycles. The van der Waals surface area contributed by atoms with Crippen LogP contribution >= 0.6 is 0 Å². The highest BCUT2D eigenvalue weighted by Gasteiger charge is 2.68. The third-order valence-corrected chi connectivity index (χ3v) is 14.7. The Balaban J connectivity index is 1.46. The molecule has 3 aromatic rings. The zero-order valence-electron chi connectivity index (χ0n) is 27.7. The van der Waals surface area contributed by atoms with E-state index in [1.807, 2.05) is 32.0 Å². The molecule has 2 aliphatic heterocycles. The van der Waals surface area contributed by atoms with Gasteiger partial charge in [-0.05, 0) is 80.5 Å². The number of hydrogen-bond acceptors (Lipinski definition) is 7. The number of amides is 1. The number of methoxy groups -OCH3 is 1. The zero-order valence-corrected chi connectivity index (χ0v) is 29.3. The van der Waals surface area contributed by atoms with Crippen LogP contribution in [0.4, 0.5) is 0 Å². The Bertz CT molecular complexity index is 1960. The van der Waals surface area contributed by atoms with Crippen molar-refractivity contribution < 1.29 is 31.1 Å². The molecule has 0 radical (unpaired) electrons. The van der Waals surface area contributed by atoms with Gasteiger partial charge in [-0.25, -0.2) is 13.1 Å². The van der Waals surface area contributed by atoms with Crippen LogP contribution in [0.1, 0.15) is 85.7 Å². The maximum absolute atomic E-state index is 14.9. The number of sulfonamides is 1. The maximum Gasteiger partial charge on any atom is 0.303 e. The van der Waals surface area contributed by atoms with Gasteiger partial charge >= 0.3 is 10.2 Å². The standard InChI is InChI=1S/C34H44N4O7S2/c1-21-18-37(19-22(2)45-21)46(40,41)34-17-29(34)28-16-25(44-5)12-14-26(28)32-31(23-9-7-6-8-10-23)27-13-11-24(15-30(27)38(32)20-34)33(39)35-47(42,43)36(3)4/h11-16,21-23,29H,6-10,17-20H2,1-5H3,(H,35,39)/t21-,22+,29?,34?. The first-order valence-electron chi connectivity index (χ1n) is 16.5. The molecule has 1 N–H and O–H groups in total. The SMILES string of the molecule is COc1ccc2c(c1)C1CC1(S(=O)(=O)N1C[C@@H](C)O[C@@H](C)C1)Cn1c-2c(C2CCCCC2)c2ccc(C(=O)NS(=O)(=O)N(C)C)cc21. The number of benzene rings is 2. The van der Waals surface area contributed by atoms with Crippen molar-refractivity contribution in [2.45, 2.75) is 87.7 Å². The number of morpholine rings is 1. The Morgan fingerprint density at radius 1 is 1.00 bits per heavy atom. The van der Waals surface area contributed by atoms with Gasteiger partial charge in [-0.15, -0.1) is 0 Å². The van der Waals surface area contributed by atoms with Crippen LogP contribution in [0.3, 0.4) is 0 Å². The number of carbonyl (C=O) groups is 1. The van der Waals surface area contributed by atoms with Gasteiger partial charge in [0.05, 0.1) is 25.0 Å². The number of nitrogens with one attached hydrogen (secondary N) is 1. The van der Waals surface area contributed by atoms with Crippen LogP contribution in [0, 0.1) is 0 Å². The molecular weight excluding hydrogens is 641 g/mol. The van der Waals surface area contributed by atoms with Crippen molar-refractivity contribution >= 4 is 37.0 Å². The molecule has 0 spiro atoms. The lowest BCUT2D eigenvalue weighted by Crippen LogP contribution is -2.52. The topological polar surface area (TPSA) is 127 Å². The van der Waals surface area contributed by atoms with Gasteiger partial charge in [-0.3, -0.25) is 4.79 Å². The van der Waals surface area contributed by atoms with Gasteiger partial charge in [-0.1, -0.05) is 25.3 Å². The number of aromatic nitrogens is 1. The number of ether oxygens (including phenoxy) is 2. The van der Waals surface area contributed by atoms with E-state index < -0.39 is 30.9 Å². The van der Waals surface area contributed by atoms with Gasteiger partial charge in [0.25, 0.3) is 5.91 Å². The van der Waals surface area contributed by atoms with Crippen LogP contribution < -0.4 is 9.46 Å². The highest BCUT2D eigenvalue weighted by Crippen LogP contribution is 2.64. The van der Waals surface area contributed by atoms with Crippen molar-refractivity contribution in [1.29, 1.82) is 0 Å². The number of fused-ring (bicyclic) bond motifs is 7. The van der Waals surface area contributed by atoms with E-state index in [0.717, 1.165) is 57.7 Å². The molecular formula is C34H44N4O7S2. The lowest BCUT2D eigenvalue weighted by Gasteiger charge is -2.37. The molecule has 0 bridgehead atoms. The van der Waals surface area contributed by atoms with Crippen molar-refractivity contribution in [3.05, 3.63) is 53.1 Å². The minimum absolute atomic E-state index is 0.192. The number of rotatable bonds is 7. The molecule has 47 heavy (non-hydrogen) atoms. The monoisotopic (exact) mass is 684 g/mol. The van der Waals surface area contributed by atoms with Crippen molar-refractivity contribution in [2.75, 3.05) is 34.3 Å². The van der Waals surface area contributed by atoms with Gasteiger partial charge in [0.2, 0.25) is 10.0 Å². The molecule has 13 heteroatoms. The summed E-state index contributed by atoms with van der Waals surface area (Å²) in [7, 11) is -3.50. The minimum atomic E-state index is -4.01. The summed E-state index contributed by atoms with van der Waals surface area (Å²) in [5, 5.41) is 0.973. The number of carbonyl (C=O) groups excluding carboxylic acids is 1. The largest absolute Gasteiger partial charge is 0.497 e. The van der Waals surface area contributed by atoms with Gasteiger partial charge < -0.3 is 14.0 Å². The van der Waals surface area contributed by atoms with Crippen LogP contribution in [0.25, 0.3) is 22.2 Å². The molecule has 2 aliphatic carbocycles. The van der Waals surface area contributed by atoms with Gasteiger partial charge in [0.1, 0.15) is 10.5 Å². The second-order valence-electron chi connectivity index (χ2n) is 14.0. The van der Waals surface area contributed by atoms with E-state index in [4.69, 9.17) is 9.47 Å². The lowest BCUT2D eigenvalue weighted by atomic mass is 9.81. The van der Waals surface area contributed by atoms with E-state index in [0.29, 0.717) is 25.3 Å². The Labute approximate surface area is 277 Å². The Morgan fingerprint density at radius 2 is 1.70 bits per heavy atom. The molecule has 1 amide bonds. The number of hydrogen-bond donors (Lipinski definition) is 1. The average molecular weight is 685 g/mol. The second kappa shape index (κ2) is 11.6.